The van der Waals surface area contributed by atoms with Crippen LogP contribution >= 0.6 is 0 Å². The van der Waals surface area contributed by atoms with Gasteiger partial charge in [0.2, 0.25) is 0 Å². The molecule has 0 aliphatic carbocycles. The Hall–Kier alpha value is -1.92. The number of rotatable bonds is 5. The first-order valence-corrected chi connectivity index (χ1v) is 7.48. The highest BCUT2D eigenvalue weighted by Gasteiger charge is 2.31. The van der Waals surface area contributed by atoms with E-state index >= 15 is 0 Å². The van der Waals surface area contributed by atoms with Gasteiger partial charge in [-0.15, -0.1) is 13.2 Å². The van der Waals surface area contributed by atoms with Crippen LogP contribution in [0.25, 0.3) is 0 Å². The number of aryl methyl sites for hydroxylation is 1. The number of urea groups is 1. The van der Waals surface area contributed by atoms with Crippen molar-refractivity contribution in [1.29, 1.82) is 0 Å². The average Bonchev–Trinajstić information content (AvgIpc) is 2.34. The number of benzene rings is 1. The lowest BCUT2D eigenvalue weighted by Crippen LogP contribution is -2.43. The van der Waals surface area contributed by atoms with Gasteiger partial charge in [0, 0.05) is 11.2 Å². The van der Waals surface area contributed by atoms with Crippen LogP contribution in [0, 0.1) is 0 Å². The Morgan fingerprint density at radius 1 is 1.22 bits per heavy atom. The third-order valence-electron chi connectivity index (χ3n) is 2.85. The molecule has 0 spiro atoms. The van der Waals surface area contributed by atoms with Crippen molar-refractivity contribution < 1.29 is 22.7 Å². The summed E-state index contributed by atoms with van der Waals surface area (Å²) < 4.78 is 40.9. The summed E-state index contributed by atoms with van der Waals surface area (Å²) >= 11 is 0. The number of hydrogen-bond acceptors (Lipinski definition) is 2. The fourth-order valence-corrected chi connectivity index (χ4v) is 1.96. The summed E-state index contributed by atoms with van der Waals surface area (Å²) in [5.41, 5.74) is 0.680. The molecular formula is C16H23F3N2O2. The van der Waals surface area contributed by atoms with Crippen molar-refractivity contribution in [2.45, 2.75) is 58.9 Å². The number of alkyl halides is 3. The second-order valence-corrected chi connectivity index (χ2v) is 6.30. The Morgan fingerprint density at radius 2 is 1.87 bits per heavy atom. The maximum Gasteiger partial charge on any atom is 0.573 e. The molecule has 0 saturated carbocycles. The van der Waals surface area contributed by atoms with Crippen LogP contribution in [0.3, 0.4) is 0 Å². The Morgan fingerprint density at radius 3 is 2.39 bits per heavy atom. The van der Waals surface area contributed by atoms with Gasteiger partial charge in [-0.3, -0.25) is 0 Å². The molecule has 130 valence electrons. The van der Waals surface area contributed by atoms with Crippen molar-refractivity contribution in [3.8, 4) is 5.75 Å². The predicted octanol–water partition coefficient (Wildman–Crippen LogP) is 4.85. The molecule has 0 saturated heterocycles. The van der Waals surface area contributed by atoms with E-state index in [-0.39, 0.29) is 5.75 Å². The first-order valence-electron chi connectivity index (χ1n) is 7.48. The van der Waals surface area contributed by atoms with Crippen molar-refractivity contribution >= 4 is 11.7 Å². The zero-order chi connectivity index (χ0) is 17.7. The molecule has 0 unspecified atom stereocenters. The standard InChI is InChI=1S/C16H23F3N2O2/c1-5-6-7-11-10-12(23-16(17,18)19)8-9-13(11)20-14(22)21-15(2,3)4/h8-10H,5-7H2,1-4H3,(H2,20,21,22). The number of nitrogens with one attached hydrogen (secondary N) is 2. The summed E-state index contributed by atoms with van der Waals surface area (Å²) in [6.07, 6.45) is -2.50. The monoisotopic (exact) mass is 332 g/mol. The number of carbonyl (C=O) groups excluding carboxylic acids is 1. The lowest BCUT2D eigenvalue weighted by Gasteiger charge is -2.22. The first-order chi connectivity index (χ1) is 10.5. The molecule has 4 nitrogen and oxygen atoms in total. The Balaban J connectivity index is 2.94. The summed E-state index contributed by atoms with van der Waals surface area (Å²) in [6.45, 7) is 7.50. The van der Waals surface area contributed by atoms with Gasteiger partial charge in [-0.1, -0.05) is 13.3 Å². The van der Waals surface area contributed by atoms with Gasteiger partial charge in [-0.05, 0) is 57.4 Å². The molecular weight excluding hydrogens is 309 g/mol. The largest absolute Gasteiger partial charge is 0.573 e. The molecule has 0 heterocycles. The van der Waals surface area contributed by atoms with Crippen LogP contribution < -0.4 is 15.4 Å². The molecule has 0 aromatic heterocycles. The zero-order valence-electron chi connectivity index (χ0n) is 13.8. The molecule has 0 radical (unpaired) electrons. The number of hydrogen-bond donors (Lipinski definition) is 2. The molecule has 2 N–H and O–H groups in total. The van der Waals surface area contributed by atoms with Crippen LogP contribution in [0.1, 0.15) is 46.1 Å². The minimum Gasteiger partial charge on any atom is -0.406 e. The molecule has 0 fully saturated rings. The lowest BCUT2D eigenvalue weighted by molar-refractivity contribution is -0.274. The van der Waals surface area contributed by atoms with Crippen LogP contribution in [0.5, 0.6) is 5.75 Å². The molecule has 1 aromatic carbocycles. The van der Waals surface area contributed by atoms with E-state index in [1.165, 1.54) is 18.2 Å². The Bertz CT molecular complexity index is 537. The number of carbonyl (C=O) groups is 1. The van der Waals surface area contributed by atoms with Crippen LogP contribution in [-0.4, -0.2) is 17.9 Å². The predicted molar refractivity (Wildman–Crippen MR) is 83.6 cm³/mol. The highest BCUT2D eigenvalue weighted by molar-refractivity contribution is 5.90. The number of ether oxygens (including phenoxy) is 1. The lowest BCUT2D eigenvalue weighted by atomic mass is 10.1. The van der Waals surface area contributed by atoms with E-state index in [9.17, 15) is 18.0 Å². The van der Waals surface area contributed by atoms with E-state index in [2.05, 4.69) is 15.4 Å². The second-order valence-electron chi connectivity index (χ2n) is 6.30. The Labute approximate surface area is 134 Å². The SMILES string of the molecule is CCCCc1cc(OC(F)(F)F)ccc1NC(=O)NC(C)(C)C. The van der Waals surface area contributed by atoms with E-state index in [0.717, 1.165) is 12.8 Å². The summed E-state index contributed by atoms with van der Waals surface area (Å²) in [5.74, 6) is -0.287. The van der Waals surface area contributed by atoms with E-state index in [1.807, 2.05) is 27.7 Å². The highest BCUT2D eigenvalue weighted by Crippen LogP contribution is 2.28. The van der Waals surface area contributed by atoms with Crippen LogP contribution in [-0.2, 0) is 6.42 Å². The summed E-state index contributed by atoms with van der Waals surface area (Å²) in [7, 11) is 0. The molecule has 23 heavy (non-hydrogen) atoms. The van der Waals surface area contributed by atoms with Gasteiger partial charge < -0.3 is 15.4 Å². The fourth-order valence-electron chi connectivity index (χ4n) is 1.96. The van der Waals surface area contributed by atoms with E-state index in [1.54, 1.807) is 0 Å². The molecule has 0 atom stereocenters. The second kappa shape index (κ2) is 7.57. The quantitative estimate of drug-likeness (QED) is 0.810. The van der Waals surface area contributed by atoms with Crippen molar-refractivity contribution in [2.75, 3.05) is 5.32 Å². The smallest absolute Gasteiger partial charge is 0.406 e. The fraction of sp³-hybridized carbons (Fsp3) is 0.562. The minimum absolute atomic E-state index is 0.287. The maximum atomic E-state index is 12.3. The van der Waals surface area contributed by atoms with Gasteiger partial charge in [-0.25, -0.2) is 4.79 Å². The van der Waals surface area contributed by atoms with E-state index in [0.29, 0.717) is 17.7 Å². The van der Waals surface area contributed by atoms with Crippen LogP contribution in [0.2, 0.25) is 0 Å². The van der Waals surface area contributed by atoms with Crippen molar-refractivity contribution in [3.05, 3.63) is 23.8 Å². The third kappa shape index (κ3) is 7.76. The normalized spacial score (nSPS) is 12.0. The van der Waals surface area contributed by atoms with Gasteiger partial charge in [0.15, 0.2) is 0 Å². The van der Waals surface area contributed by atoms with Crippen LogP contribution in [0.4, 0.5) is 23.7 Å². The van der Waals surface area contributed by atoms with Crippen molar-refractivity contribution in [2.24, 2.45) is 0 Å². The minimum atomic E-state index is -4.74. The summed E-state index contributed by atoms with van der Waals surface area (Å²) in [4.78, 5) is 11.9. The summed E-state index contributed by atoms with van der Waals surface area (Å²) in [5, 5.41) is 5.42. The summed E-state index contributed by atoms with van der Waals surface area (Å²) in [6, 6.07) is 3.53. The average molecular weight is 332 g/mol. The molecule has 7 heteroatoms. The van der Waals surface area contributed by atoms with Gasteiger partial charge in [-0.2, -0.15) is 0 Å². The van der Waals surface area contributed by atoms with Crippen molar-refractivity contribution in [3.63, 3.8) is 0 Å². The van der Waals surface area contributed by atoms with Gasteiger partial charge in [0.25, 0.3) is 0 Å². The van der Waals surface area contributed by atoms with Crippen molar-refractivity contribution in [1.82, 2.24) is 5.32 Å². The first kappa shape index (κ1) is 19.1. The van der Waals surface area contributed by atoms with Gasteiger partial charge in [0.05, 0.1) is 0 Å². The Kier molecular flexibility index (Phi) is 6.29. The molecule has 1 rings (SSSR count). The number of halogens is 3. The molecule has 0 aliphatic rings. The highest BCUT2D eigenvalue weighted by atomic mass is 19.4. The zero-order valence-corrected chi connectivity index (χ0v) is 13.8. The number of anilines is 1. The number of amides is 2. The van der Waals surface area contributed by atoms with Crippen LogP contribution in [0.15, 0.2) is 18.2 Å². The molecule has 0 aliphatic heterocycles. The number of unbranched alkanes of at least 4 members (excludes halogenated alkanes) is 1. The topological polar surface area (TPSA) is 50.4 Å². The van der Waals surface area contributed by atoms with Gasteiger partial charge in [0.1, 0.15) is 5.75 Å². The third-order valence-corrected chi connectivity index (χ3v) is 2.85. The maximum absolute atomic E-state index is 12.3. The molecule has 1 aromatic rings. The molecule has 0 bridgehead atoms. The van der Waals surface area contributed by atoms with Gasteiger partial charge >= 0.3 is 12.4 Å². The molecule has 2 amide bonds. The van der Waals surface area contributed by atoms with E-state index < -0.39 is 17.9 Å². The van der Waals surface area contributed by atoms with E-state index in [4.69, 9.17) is 0 Å².